The Balaban J connectivity index is 2.20. The summed E-state index contributed by atoms with van der Waals surface area (Å²) in [7, 11) is 0. The van der Waals surface area contributed by atoms with Crippen molar-refractivity contribution < 1.29 is 13.2 Å². The highest BCUT2D eigenvalue weighted by atomic mass is 19.4. The fraction of sp³-hybridized carbons (Fsp3) is 0.615. The first-order valence-electron chi connectivity index (χ1n) is 6.52. The van der Waals surface area contributed by atoms with Gasteiger partial charge in [-0.15, -0.1) is 0 Å². The smallest absolute Gasteiger partial charge is 0.354 e. The van der Waals surface area contributed by atoms with Gasteiger partial charge in [0.15, 0.2) is 0 Å². The largest absolute Gasteiger partial charge is 0.416 e. The van der Waals surface area contributed by atoms with E-state index >= 15 is 0 Å². The monoisotopic (exact) mass is 273 g/mol. The van der Waals surface area contributed by atoms with Crippen LogP contribution in [-0.2, 0) is 6.18 Å². The fourth-order valence-electron chi connectivity index (χ4n) is 2.20. The van der Waals surface area contributed by atoms with Gasteiger partial charge in [0.05, 0.1) is 5.56 Å². The van der Waals surface area contributed by atoms with Crippen LogP contribution in [0.1, 0.15) is 31.2 Å². The zero-order chi connectivity index (χ0) is 13.9. The molecule has 1 aromatic heterocycles. The van der Waals surface area contributed by atoms with Gasteiger partial charge in [-0.3, -0.25) is 0 Å². The molecule has 1 aromatic rings. The van der Waals surface area contributed by atoms with Gasteiger partial charge in [-0.1, -0.05) is 0 Å². The molecule has 0 aromatic carbocycles. The second-order valence-corrected chi connectivity index (χ2v) is 4.82. The summed E-state index contributed by atoms with van der Waals surface area (Å²) in [5.74, 6) is 0.410. The second-order valence-electron chi connectivity index (χ2n) is 4.82. The number of rotatable bonds is 5. The lowest BCUT2D eigenvalue weighted by Crippen LogP contribution is -2.42. The molecule has 0 amide bonds. The van der Waals surface area contributed by atoms with E-state index in [9.17, 15) is 13.2 Å². The van der Waals surface area contributed by atoms with E-state index < -0.39 is 11.7 Å². The lowest BCUT2D eigenvalue weighted by molar-refractivity contribution is -0.137. The number of nitrogens with zero attached hydrogens (tertiary/aromatic N) is 2. The van der Waals surface area contributed by atoms with Crippen LogP contribution in [0.3, 0.4) is 0 Å². The van der Waals surface area contributed by atoms with E-state index in [1.54, 1.807) is 0 Å². The van der Waals surface area contributed by atoms with Crippen molar-refractivity contribution in [2.24, 2.45) is 5.73 Å². The molecule has 1 heterocycles. The average Bonchev–Trinajstić information content (AvgIpc) is 2.31. The molecule has 0 atom stereocenters. The SMILES string of the molecule is NCCCN(c1cc(C(F)(F)F)ccn1)C1CCC1. The topological polar surface area (TPSA) is 42.1 Å². The summed E-state index contributed by atoms with van der Waals surface area (Å²) in [6.07, 6.45) is 0.825. The minimum absolute atomic E-state index is 0.308. The van der Waals surface area contributed by atoms with Crippen molar-refractivity contribution in [3.63, 3.8) is 0 Å². The van der Waals surface area contributed by atoms with Crippen molar-refractivity contribution in [3.05, 3.63) is 23.9 Å². The van der Waals surface area contributed by atoms with Crippen molar-refractivity contribution in [1.82, 2.24) is 4.98 Å². The van der Waals surface area contributed by atoms with E-state index in [0.29, 0.717) is 24.9 Å². The van der Waals surface area contributed by atoms with E-state index in [1.165, 1.54) is 6.20 Å². The predicted octanol–water partition coefficient (Wildman–Crippen LogP) is 2.81. The maximum absolute atomic E-state index is 12.7. The van der Waals surface area contributed by atoms with E-state index in [0.717, 1.165) is 37.8 Å². The maximum Gasteiger partial charge on any atom is 0.416 e. The van der Waals surface area contributed by atoms with Crippen LogP contribution < -0.4 is 10.6 Å². The fourth-order valence-corrected chi connectivity index (χ4v) is 2.20. The van der Waals surface area contributed by atoms with Gasteiger partial charge in [0, 0.05) is 18.8 Å². The van der Waals surface area contributed by atoms with Crippen molar-refractivity contribution >= 4 is 5.82 Å². The number of anilines is 1. The molecule has 1 aliphatic rings. The summed E-state index contributed by atoms with van der Waals surface area (Å²) in [5.41, 5.74) is 4.84. The van der Waals surface area contributed by atoms with Gasteiger partial charge in [0.25, 0.3) is 0 Å². The maximum atomic E-state index is 12.7. The molecule has 1 saturated carbocycles. The Hall–Kier alpha value is -1.30. The molecule has 1 aliphatic carbocycles. The summed E-state index contributed by atoms with van der Waals surface area (Å²) < 4.78 is 38.1. The lowest BCUT2D eigenvalue weighted by Gasteiger charge is -2.38. The number of nitrogens with two attached hydrogens (primary N) is 1. The minimum Gasteiger partial charge on any atom is -0.354 e. The van der Waals surface area contributed by atoms with Gasteiger partial charge < -0.3 is 10.6 Å². The van der Waals surface area contributed by atoms with Gasteiger partial charge in [-0.05, 0) is 44.4 Å². The Morgan fingerprint density at radius 3 is 2.63 bits per heavy atom. The number of pyridine rings is 1. The van der Waals surface area contributed by atoms with Gasteiger partial charge in [-0.2, -0.15) is 13.2 Å². The molecule has 6 heteroatoms. The van der Waals surface area contributed by atoms with Gasteiger partial charge >= 0.3 is 6.18 Å². The van der Waals surface area contributed by atoms with Gasteiger partial charge in [-0.25, -0.2) is 4.98 Å². The van der Waals surface area contributed by atoms with Crippen molar-refractivity contribution in [2.45, 2.75) is 37.9 Å². The van der Waals surface area contributed by atoms with Crippen LogP contribution in [0.25, 0.3) is 0 Å². The van der Waals surface area contributed by atoms with E-state index in [1.807, 2.05) is 4.90 Å². The number of aromatic nitrogens is 1. The molecule has 0 unspecified atom stereocenters. The summed E-state index contributed by atoms with van der Waals surface area (Å²) in [6, 6.07) is 2.45. The molecule has 0 radical (unpaired) electrons. The van der Waals surface area contributed by atoms with Crippen molar-refractivity contribution in [2.75, 3.05) is 18.0 Å². The molecule has 1 fully saturated rings. The third-order valence-corrected chi connectivity index (χ3v) is 3.49. The molecule has 3 nitrogen and oxygen atoms in total. The second kappa shape index (κ2) is 5.77. The standard InChI is InChI=1S/C13H18F3N3/c14-13(15,16)10-5-7-18-12(9-10)19(8-2-6-17)11-3-1-4-11/h5,7,9,11H,1-4,6,8,17H2. The lowest BCUT2D eigenvalue weighted by atomic mass is 9.91. The van der Waals surface area contributed by atoms with Crippen molar-refractivity contribution in [3.8, 4) is 0 Å². The summed E-state index contributed by atoms with van der Waals surface area (Å²) in [4.78, 5) is 6.06. The molecular weight excluding hydrogens is 255 g/mol. The zero-order valence-corrected chi connectivity index (χ0v) is 10.7. The van der Waals surface area contributed by atoms with E-state index in [4.69, 9.17) is 5.73 Å². The predicted molar refractivity (Wildman–Crippen MR) is 67.9 cm³/mol. The van der Waals surface area contributed by atoms with Crippen LogP contribution in [0, 0.1) is 0 Å². The Morgan fingerprint density at radius 1 is 1.37 bits per heavy atom. The Labute approximate surface area is 110 Å². The van der Waals surface area contributed by atoms with Crippen LogP contribution in [0.5, 0.6) is 0 Å². The average molecular weight is 273 g/mol. The molecule has 2 rings (SSSR count). The molecule has 106 valence electrons. The Bertz CT molecular complexity index is 416. The molecule has 0 bridgehead atoms. The van der Waals surface area contributed by atoms with E-state index in [-0.39, 0.29) is 0 Å². The summed E-state index contributed by atoms with van der Waals surface area (Å²) in [5, 5.41) is 0. The number of halogens is 3. The summed E-state index contributed by atoms with van der Waals surface area (Å²) in [6.45, 7) is 1.19. The first kappa shape index (κ1) is 14.1. The van der Waals surface area contributed by atoms with Crippen LogP contribution >= 0.6 is 0 Å². The third kappa shape index (κ3) is 3.37. The third-order valence-electron chi connectivity index (χ3n) is 3.49. The highest BCUT2D eigenvalue weighted by Crippen LogP contribution is 2.33. The summed E-state index contributed by atoms with van der Waals surface area (Å²) >= 11 is 0. The molecule has 2 N–H and O–H groups in total. The molecule has 0 aliphatic heterocycles. The molecule has 0 spiro atoms. The Morgan fingerprint density at radius 2 is 2.11 bits per heavy atom. The van der Waals surface area contributed by atoms with E-state index in [2.05, 4.69) is 4.98 Å². The van der Waals surface area contributed by atoms with Crippen LogP contribution in [-0.4, -0.2) is 24.1 Å². The van der Waals surface area contributed by atoms with Crippen molar-refractivity contribution in [1.29, 1.82) is 0 Å². The number of hydrogen-bond acceptors (Lipinski definition) is 3. The van der Waals surface area contributed by atoms with Crippen LogP contribution in [0.4, 0.5) is 19.0 Å². The van der Waals surface area contributed by atoms with Gasteiger partial charge in [0.2, 0.25) is 0 Å². The molecule has 0 saturated heterocycles. The van der Waals surface area contributed by atoms with Gasteiger partial charge in [0.1, 0.15) is 5.82 Å². The number of alkyl halides is 3. The number of hydrogen-bond donors (Lipinski definition) is 1. The van der Waals surface area contributed by atoms with Crippen LogP contribution in [0.2, 0.25) is 0 Å². The Kier molecular flexibility index (Phi) is 4.29. The highest BCUT2D eigenvalue weighted by Gasteiger charge is 2.32. The molecular formula is C13H18F3N3. The first-order chi connectivity index (χ1) is 9.02. The molecule has 19 heavy (non-hydrogen) atoms. The quantitative estimate of drug-likeness (QED) is 0.897. The van der Waals surface area contributed by atoms with Crippen LogP contribution in [0.15, 0.2) is 18.3 Å². The first-order valence-corrected chi connectivity index (χ1v) is 6.52. The normalized spacial score (nSPS) is 16.2. The highest BCUT2D eigenvalue weighted by molar-refractivity contribution is 5.43. The zero-order valence-electron chi connectivity index (χ0n) is 10.7. The minimum atomic E-state index is -4.32.